The standard InChI is InChI=1S/C26H21FN8S/c27-21-6-5-20(36-21)17-7-8-29-25-22(17)31-26(32-25)24-23-19(33-34-24)4-3-18(30-23)16-11-15(12-28-13-16)14-35-9-1-2-10-35/h3-8,11-13H,1-2,9-10,14H2,(H,33,34)(H,29,31,32). The lowest BCUT2D eigenvalue weighted by Gasteiger charge is -2.14. The van der Waals surface area contributed by atoms with Gasteiger partial charge in [-0.05, 0) is 67.9 Å². The fraction of sp³-hybridized carbons (Fsp3) is 0.192. The largest absolute Gasteiger partial charge is 0.335 e. The second kappa shape index (κ2) is 8.58. The van der Waals surface area contributed by atoms with E-state index in [9.17, 15) is 4.39 Å². The minimum absolute atomic E-state index is 0.233. The zero-order valence-corrected chi connectivity index (χ0v) is 20.0. The Morgan fingerprint density at radius 2 is 1.94 bits per heavy atom. The third-order valence-electron chi connectivity index (χ3n) is 6.56. The molecule has 0 aliphatic carbocycles. The number of aromatic amines is 2. The van der Waals surface area contributed by atoms with Crippen molar-refractivity contribution in [1.29, 1.82) is 0 Å². The highest BCUT2D eigenvalue weighted by molar-refractivity contribution is 7.14. The van der Waals surface area contributed by atoms with Gasteiger partial charge in [-0.3, -0.25) is 15.0 Å². The quantitative estimate of drug-likeness (QED) is 0.331. The van der Waals surface area contributed by atoms with Crippen molar-refractivity contribution in [3.05, 3.63) is 65.7 Å². The Hall–Kier alpha value is -4.02. The van der Waals surface area contributed by atoms with Gasteiger partial charge >= 0.3 is 0 Å². The maximum Gasteiger partial charge on any atom is 0.178 e. The maximum absolute atomic E-state index is 13.7. The molecule has 6 aromatic rings. The summed E-state index contributed by atoms with van der Waals surface area (Å²) in [6.07, 6.45) is 7.98. The van der Waals surface area contributed by atoms with Crippen molar-refractivity contribution in [3.8, 4) is 33.2 Å². The number of imidazole rings is 1. The first kappa shape index (κ1) is 21.3. The van der Waals surface area contributed by atoms with Gasteiger partial charge in [-0.1, -0.05) is 0 Å². The molecule has 178 valence electrons. The van der Waals surface area contributed by atoms with Crippen LogP contribution < -0.4 is 0 Å². The van der Waals surface area contributed by atoms with E-state index < -0.39 is 0 Å². The molecule has 1 aliphatic rings. The highest BCUT2D eigenvalue weighted by Crippen LogP contribution is 2.34. The van der Waals surface area contributed by atoms with Gasteiger partial charge in [-0.25, -0.2) is 15.0 Å². The number of likely N-dealkylation sites (tertiary alicyclic amines) is 1. The summed E-state index contributed by atoms with van der Waals surface area (Å²) in [5.74, 6) is 0.554. The van der Waals surface area contributed by atoms with E-state index in [0.717, 1.165) is 63.7 Å². The number of nitrogens with zero attached hydrogens (tertiary/aromatic N) is 6. The van der Waals surface area contributed by atoms with Gasteiger partial charge in [0, 0.05) is 41.1 Å². The SMILES string of the molecule is Fc1ccc(-c2ccnc3nc(-c4n[nH]c5ccc(-c6cncc(CN7CCCC7)c6)nc45)[nH]c23)s1. The van der Waals surface area contributed by atoms with Gasteiger partial charge in [0.2, 0.25) is 0 Å². The normalized spacial score (nSPS) is 14.4. The molecule has 0 saturated carbocycles. The van der Waals surface area contributed by atoms with Gasteiger partial charge in [0.25, 0.3) is 0 Å². The van der Waals surface area contributed by atoms with Crippen molar-refractivity contribution in [2.75, 3.05) is 13.1 Å². The molecule has 10 heteroatoms. The number of fused-ring (bicyclic) bond motifs is 2. The van der Waals surface area contributed by atoms with E-state index in [1.54, 1.807) is 12.3 Å². The van der Waals surface area contributed by atoms with Crippen LogP contribution in [-0.2, 0) is 6.54 Å². The van der Waals surface area contributed by atoms with Crippen molar-refractivity contribution >= 4 is 33.5 Å². The molecule has 2 N–H and O–H groups in total. The Bertz CT molecular complexity index is 1710. The van der Waals surface area contributed by atoms with Gasteiger partial charge in [-0.15, -0.1) is 11.3 Å². The molecule has 7 rings (SSSR count). The molecule has 6 aromatic heterocycles. The number of aromatic nitrogens is 7. The van der Waals surface area contributed by atoms with Crippen LogP contribution in [0, 0.1) is 5.13 Å². The predicted octanol–water partition coefficient (Wildman–Crippen LogP) is 5.42. The number of thiophene rings is 1. The fourth-order valence-electron chi connectivity index (χ4n) is 4.83. The number of hydrogen-bond donors (Lipinski definition) is 2. The second-order valence-electron chi connectivity index (χ2n) is 8.98. The van der Waals surface area contributed by atoms with Crippen molar-refractivity contribution in [2.45, 2.75) is 19.4 Å². The van der Waals surface area contributed by atoms with Crippen molar-refractivity contribution in [2.24, 2.45) is 0 Å². The molecule has 0 spiro atoms. The van der Waals surface area contributed by atoms with E-state index >= 15 is 0 Å². The second-order valence-corrected chi connectivity index (χ2v) is 10.0. The molecule has 0 bridgehead atoms. The Morgan fingerprint density at radius 3 is 2.81 bits per heavy atom. The van der Waals surface area contributed by atoms with E-state index in [1.807, 2.05) is 30.6 Å². The Balaban J connectivity index is 1.28. The van der Waals surface area contributed by atoms with Crippen LogP contribution in [0.1, 0.15) is 18.4 Å². The summed E-state index contributed by atoms with van der Waals surface area (Å²) in [5.41, 5.74) is 7.23. The fourth-order valence-corrected chi connectivity index (χ4v) is 5.59. The lowest BCUT2D eigenvalue weighted by molar-refractivity contribution is 0.331. The molecule has 7 heterocycles. The molecular formula is C26H21FN8S. The zero-order valence-electron chi connectivity index (χ0n) is 19.2. The van der Waals surface area contributed by atoms with Crippen LogP contribution in [0.2, 0.25) is 0 Å². The molecule has 0 aromatic carbocycles. The van der Waals surface area contributed by atoms with Gasteiger partial charge in [-0.2, -0.15) is 9.49 Å². The number of halogens is 1. The predicted molar refractivity (Wildman–Crippen MR) is 138 cm³/mol. The number of pyridine rings is 3. The molecule has 0 radical (unpaired) electrons. The molecule has 8 nitrogen and oxygen atoms in total. The van der Waals surface area contributed by atoms with Gasteiger partial charge in [0.15, 0.2) is 22.3 Å². The van der Waals surface area contributed by atoms with E-state index in [-0.39, 0.29) is 5.13 Å². The van der Waals surface area contributed by atoms with Crippen LogP contribution in [0.15, 0.2) is 55.0 Å². The van der Waals surface area contributed by atoms with E-state index in [0.29, 0.717) is 22.7 Å². The molecule has 1 fully saturated rings. The summed E-state index contributed by atoms with van der Waals surface area (Å²) >= 11 is 1.09. The van der Waals surface area contributed by atoms with Crippen LogP contribution in [0.5, 0.6) is 0 Å². The van der Waals surface area contributed by atoms with Crippen molar-refractivity contribution in [1.82, 2.24) is 40.0 Å². The monoisotopic (exact) mass is 496 g/mol. The van der Waals surface area contributed by atoms with E-state index in [1.165, 1.54) is 24.5 Å². The summed E-state index contributed by atoms with van der Waals surface area (Å²) in [6.45, 7) is 3.19. The molecule has 0 amide bonds. The lowest BCUT2D eigenvalue weighted by atomic mass is 10.1. The summed E-state index contributed by atoms with van der Waals surface area (Å²) in [5, 5.41) is 7.32. The number of hydrogen-bond acceptors (Lipinski definition) is 7. The van der Waals surface area contributed by atoms with Crippen LogP contribution >= 0.6 is 11.3 Å². The van der Waals surface area contributed by atoms with Crippen LogP contribution in [0.4, 0.5) is 4.39 Å². The average molecular weight is 497 g/mol. The molecule has 1 aliphatic heterocycles. The molecule has 1 saturated heterocycles. The number of H-pyrrole nitrogens is 2. The first-order valence-electron chi connectivity index (χ1n) is 11.8. The smallest absolute Gasteiger partial charge is 0.178 e. The molecule has 36 heavy (non-hydrogen) atoms. The Kier molecular flexibility index (Phi) is 5.07. The summed E-state index contributed by atoms with van der Waals surface area (Å²) in [7, 11) is 0. The van der Waals surface area contributed by atoms with E-state index in [2.05, 4.69) is 41.1 Å². The summed E-state index contributed by atoms with van der Waals surface area (Å²) < 4.78 is 13.7. The summed E-state index contributed by atoms with van der Waals surface area (Å²) in [6, 6.07) is 11.2. The zero-order chi connectivity index (χ0) is 24.1. The highest BCUT2D eigenvalue weighted by atomic mass is 32.1. The van der Waals surface area contributed by atoms with Crippen molar-refractivity contribution in [3.63, 3.8) is 0 Å². The first-order chi connectivity index (χ1) is 17.7. The van der Waals surface area contributed by atoms with Crippen molar-refractivity contribution < 1.29 is 4.39 Å². The minimum Gasteiger partial charge on any atom is -0.335 e. The number of rotatable bonds is 5. The highest BCUT2D eigenvalue weighted by Gasteiger charge is 2.18. The van der Waals surface area contributed by atoms with Gasteiger partial charge in [0.05, 0.1) is 16.7 Å². The van der Waals surface area contributed by atoms with E-state index in [4.69, 9.17) is 4.98 Å². The topological polar surface area (TPSA) is 99.3 Å². The van der Waals surface area contributed by atoms with Gasteiger partial charge in [0.1, 0.15) is 5.52 Å². The minimum atomic E-state index is -0.233. The van der Waals surface area contributed by atoms with Crippen LogP contribution in [-0.4, -0.2) is 53.1 Å². The van der Waals surface area contributed by atoms with Crippen LogP contribution in [0.3, 0.4) is 0 Å². The Labute approximate surface area is 209 Å². The third kappa shape index (κ3) is 3.75. The van der Waals surface area contributed by atoms with Gasteiger partial charge < -0.3 is 4.98 Å². The third-order valence-corrected chi connectivity index (χ3v) is 7.47. The molecule has 0 unspecified atom stereocenters. The lowest BCUT2D eigenvalue weighted by Crippen LogP contribution is -2.18. The first-order valence-corrected chi connectivity index (χ1v) is 12.7. The summed E-state index contributed by atoms with van der Waals surface area (Å²) in [4.78, 5) is 25.1. The Morgan fingerprint density at radius 1 is 1.03 bits per heavy atom. The molecular weight excluding hydrogens is 475 g/mol. The maximum atomic E-state index is 13.7. The molecule has 0 atom stereocenters. The number of nitrogens with one attached hydrogen (secondary N) is 2. The average Bonchev–Trinajstić information content (AvgIpc) is 3.70. The van der Waals surface area contributed by atoms with Crippen LogP contribution in [0.25, 0.3) is 55.4 Å².